The van der Waals surface area contributed by atoms with Gasteiger partial charge in [-0.3, -0.25) is 0 Å². The van der Waals surface area contributed by atoms with Gasteiger partial charge in [-0.1, -0.05) is 13.8 Å². The highest BCUT2D eigenvalue weighted by Gasteiger charge is 2.29. The Morgan fingerprint density at radius 1 is 1.40 bits per heavy atom. The normalized spacial score (nSPS) is 27.2. The molecule has 0 bridgehead atoms. The van der Waals surface area contributed by atoms with Crippen molar-refractivity contribution in [2.75, 3.05) is 13.1 Å². The lowest BCUT2D eigenvalue weighted by Gasteiger charge is -2.34. The highest BCUT2D eigenvalue weighted by molar-refractivity contribution is 7.12. The molecule has 2 heterocycles. The van der Waals surface area contributed by atoms with E-state index in [1.54, 1.807) is 4.88 Å². The van der Waals surface area contributed by atoms with Crippen molar-refractivity contribution in [3.05, 3.63) is 21.9 Å². The molecule has 1 nitrogen and oxygen atoms in total. The number of piperidine rings is 1. The Labute approximate surface area is 96.9 Å². The van der Waals surface area contributed by atoms with Crippen molar-refractivity contribution in [3.63, 3.8) is 0 Å². The number of hydrogen-bond acceptors (Lipinski definition) is 2. The van der Waals surface area contributed by atoms with Crippen LogP contribution in [-0.4, -0.2) is 13.1 Å². The molecule has 0 amide bonds. The largest absolute Gasteiger partial charge is 0.316 e. The predicted molar refractivity (Wildman–Crippen MR) is 67.6 cm³/mol. The van der Waals surface area contributed by atoms with Crippen molar-refractivity contribution in [2.45, 2.75) is 33.1 Å². The minimum Gasteiger partial charge on any atom is -0.316 e. The Bertz CT molecular complexity index is 316. The minimum absolute atomic E-state index is 0.783. The molecule has 0 aliphatic carbocycles. The average Bonchev–Trinajstić information content (AvgIpc) is 2.65. The van der Waals surface area contributed by atoms with Crippen LogP contribution in [0, 0.1) is 18.8 Å². The second-order valence-electron chi connectivity index (χ2n) is 4.96. The second-order valence-corrected chi connectivity index (χ2v) is 6.28. The first-order valence-electron chi connectivity index (χ1n) is 5.95. The van der Waals surface area contributed by atoms with Crippen molar-refractivity contribution in [3.8, 4) is 0 Å². The third kappa shape index (κ3) is 2.43. The molecule has 0 spiro atoms. The maximum atomic E-state index is 3.53. The van der Waals surface area contributed by atoms with Gasteiger partial charge >= 0.3 is 0 Å². The summed E-state index contributed by atoms with van der Waals surface area (Å²) >= 11 is 1.99. The van der Waals surface area contributed by atoms with Crippen LogP contribution in [0.3, 0.4) is 0 Å². The number of hydrogen-bond donors (Lipinski definition) is 1. The average molecular weight is 223 g/mol. The van der Waals surface area contributed by atoms with E-state index in [2.05, 4.69) is 38.2 Å². The van der Waals surface area contributed by atoms with Crippen molar-refractivity contribution in [1.82, 2.24) is 5.32 Å². The van der Waals surface area contributed by atoms with Crippen LogP contribution in [0.15, 0.2) is 12.1 Å². The Kier molecular flexibility index (Phi) is 3.47. The zero-order chi connectivity index (χ0) is 10.8. The van der Waals surface area contributed by atoms with Gasteiger partial charge in [0.2, 0.25) is 0 Å². The topological polar surface area (TPSA) is 12.0 Å². The fraction of sp³-hybridized carbons (Fsp3) is 0.692. The zero-order valence-corrected chi connectivity index (χ0v) is 10.7. The number of nitrogens with one attached hydrogen (secondary N) is 1. The van der Waals surface area contributed by atoms with E-state index in [1.807, 2.05) is 11.3 Å². The fourth-order valence-corrected chi connectivity index (χ4v) is 3.68. The third-order valence-electron chi connectivity index (χ3n) is 3.51. The van der Waals surface area contributed by atoms with Crippen molar-refractivity contribution >= 4 is 11.3 Å². The summed E-state index contributed by atoms with van der Waals surface area (Å²) in [4.78, 5) is 3.05. The summed E-state index contributed by atoms with van der Waals surface area (Å²) in [6.45, 7) is 9.29. The van der Waals surface area contributed by atoms with Gasteiger partial charge < -0.3 is 5.32 Å². The molecule has 1 aromatic rings. The molecule has 2 heteroatoms. The number of rotatable bonds is 2. The van der Waals surface area contributed by atoms with E-state index in [0.717, 1.165) is 17.8 Å². The molecule has 1 fully saturated rings. The van der Waals surface area contributed by atoms with E-state index in [0.29, 0.717) is 0 Å². The zero-order valence-electron chi connectivity index (χ0n) is 9.92. The van der Waals surface area contributed by atoms with Gasteiger partial charge in [-0.05, 0) is 56.3 Å². The molecule has 1 N–H and O–H groups in total. The summed E-state index contributed by atoms with van der Waals surface area (Å²) in [6, 6.07) is 4.60. The summed E-state index contributed by atoms with van der Waals surface area (Å²) in [5.74, 6) is 2.40. The van der Waals surface area contributed by atoms with E-state index < -0.39 is 0 Å². The molecule has 1 aliphatic heterocycles. The van der Waals surface area contributed by atoms with E-state index >= 15 is 0 Å². The molecular weight excluding hydrogens is 202 g/mol. The molecule has 15 heavy (non-hydrogen) atoms. The van der Waals surface area contributed by atoms with Crippen LogP contribution in [0.1, 0.15) is 35.9 Å². The summed E-state index contributed by atoms with van der Waals surface area (Å²) in [7, 11) is 0. The second kappa shape index (κ2) is 4.67. The first-order chi connectivity index (χ1) is 7.18. The standard InChI is InChI=1S/C13H21NS/c1-9(2)12-8-14-7-6-11(12)13-5-4-10(3)15-13/h4-5,9,11-12,14H,6-8H2,1-3H3. The first-order valence-corrected chi connectivity index (χ1v) is 6.77. The Morgan fingerprint density at radius 2 is 2.20 bits per heavy atom. The smallest absolute Gasteiger partial charge is 0.00828 e. The van der Waals surface area contributed by atoms with Crippen LogP contribution < -0.4 is 5.32 Å². The molecule has 1 aromatic heterocycles. The van der Waals surface area contributed by atoms with Gasteiger partial charge in [-0.2, -0.15) is 0 Å². The van der Waals surface area contributed by atoms with Crippen LogP contribution in [0.5, 0.6) is 0 Å². The Hall–Kier alpha value is -0.340. The monoisotopic (exact) mass is 223 g/mol. The Balaban J connectivity index is 2.17. The van der Waals surface area contributed by atoms with Gasteiger partial charge in [0.15, 0.2) is 0 Å². The van der Waals surface area contributed by atoms with Crippen LogP contribution in [0.25, 0.3) is 0 Å². The van der Waals surface area contributed by atoms with Gasteiger partial charge in [0.05, 0.1) is 0 Å². The quantitative estimate of drug-likeness (QED) is 0.810. The van der Waals surface area contributed by atoms with Gasteiger partial charge in [0.25, 0.3) is 0 Å². The molecule has 2 unspecified atom stereocenters. The molecule has 0 aromatic carbocycles. The van der Waals surface area contributed by atoms with Gasteiger partial charge in [0, 0.05) is 9.75 Å². The summed E-state index contributed by atoms with van der Waals surface area (Å²) < 4.78 is 0. The van der Waals surface area contributed by atoms with Gasteiger partial charge in [0.1, 0.15) is 0 Å². The van der Waals surface area contributed by atoms with E-state index in [4.69, 9.17) is 0 Å². The van der Waals surface area contributed by atoms with Gasteiger partial charge in [-0.25, -0.2) is 0 Å². The lowest BCUT2D eigenvalue weighted by atomic mass is 9.78. The number of aryl methyl sites for hydroxylation is 1. The van der Waals surface area contributed by atoms with Crippen molar-refractivity contribution in [2.24, 2.45) is 11.8 Å². The molecule has 0 radical (unpaired) electrons. The van der Waals surface area contributed by atoms with E-state index in [-0.39, 0.29) is 0 Å². The van der Waals surface area contributed by atoms with E-state index in [1.165, 1.54) is 24.4 Å². The molecule has 1 saturated heterocycles. The SMILES string of the molecule is Cc1ccc(C2CCNCC2C(C)C)s1. The fourth-order valence-electron chi connectivity index (χ4n) is 2.59. The summed E-state index contributed by atoms with van der Waals surface area (Å²) in [5, 5.41) is 3.53. The molecule has 1 aliphatic rings. The maximum absolute atomic E-state index is 3.53. The lowest BCUT2D eigenvalue weighted by Crippen LogP contribution is -2.37. The molecular formula is C13H21NS. The van der Waals surface area contributed by atoms with E-state index in [9.17, 15) is 0 Å². The lowest BCUT2D eigenvalue weighted by molar-refractivity contribution is 0.258. The molecule has 2 atom stereocenters. The van der Waals surface area contributed by atoms with Crippen LogP contribution in [0.4, 0.5) is 0 Å². The first kappa shape index (κ1) is 11.2. The minimum atomic E-state index is 0.783. The third-order valence-corrected chi connectivity index (χ3v) is 4.64. The van der Waals surface area contributed by atoms with Crippen LogP contribution >= 0.6 is 11.3 Å². The van der Waals surface area contributed by atoms with Crippen LogP contribution in [-0.2, 0) is 0 Å². The van der Waals surface area contributed by atoms with Crippen molar-refractivity contribution in [1.29, 1.82) is 0 Å². The van der Waals surface area contributed by atoms with Crippen LogP contribution in [0.2, 0.25) is 0 Å². The molecule has 84 valence electrons. The maximum Gasteiger partial charge on any atom is 0.00828 e. The summed E-state index contributed by atoms with van der Waals surface area (Å²) in [6.07, 6.45) is 1.31. The molecule has 0 saturated carbocycles. The predicted octanol–water partition coefficient (Wildman–Crippen LogP) is 3.41. The Morgan fingerprint density at radius 3 is 2.80 bits per heavy atom. The van der Waals surface area contributed by atoms with Gasteiger partial charge in [-0.15, -0.1) is 11.3 Å². The number of thiophene rings is 1. The summed E-state index contributed by atoms with van der Waals surface area (Å²) in [5.41, 5.74) is 0. The highest BCUT2D eigenvalue weighted by atomic mass is 32.1. The van der Waals surface area contributed by atoms with Crippen molar-refractivity contribution < 1.29 is 0 Å². The highest BCUT2D eigenvalue weighted by Crippen LogP contribution is 2.37. The molecule has 2 rings (SSSR count).